The van der Waals surface area contributed by atoms with Gasteiger partial charge in [-0.05, 0) is 24.6 Å². The van der Waals surface area contributed by atoms with Crippen LogP contribution in [0.2, 0.25) is 0 Å². The second-order valence-electron chi connectivity index (χ2n) is 3.33. The van der Waals surface area contributed by atoms with Crippen molar-refractivity contribution >= 4 is 21.9 Å². The normalized spacial score (nSPS) is 9.76. The highest BCUT2D eigenvalue weighted by Crippen LogP contribution is 2.19. The zero-order valence-corrected chi connectivity index (χ0v) is 10.9. The number of ether oxygens (including phenoxy) is 1. The Hall–Kier alpha value is -1.41. The van der Waals surface area contributed by atoms with Crippen LogP contribution in [0.25, 0.3) is 0 Å². The SMILES string of the molecule is CCOC(=O)Cc1c(F)cc(CBr)cc1C#N. The highest BCUT2D eigenvalue weighted by atomic mass is 79.9. The summed E-state index contributed by atoms with van der Waals surface area (Å²) < 4.78 is 18.4. The lowest BCUT2D eigenvalue weighted by Gasteiger charge is -2.07. The molecule has 0 saturated carbocycles. The van der Waals surface area contributed by atoms with E-state index in [1.807, 2.05) is 6.07 Å². The Morgan fingerprint density at radius 1 is 1.59 bits per heavy atom. The molecule has 0 aromatic heterocycles. The van der Waals surface area contributed by atoms with Crippen molar-refractivity contribution in [3.05, 3.63) is 34.6 Å². The Morgan fingerprint density at radius 2 is 2.29 bits per heavy atom. The van der Waals surface area contributed by atoms with Crippen molar-refractivity contribution < 1.29 is 13.9 Å². The third-order valence-corrected chi connectivity index (χ3v) is 2.80. The second-order valence-corrected chi connectivity index (χ2v) is 3.89. The molecular weight excluding hydrogens is 289 g/mol. The number of nitriles is 1. The molecule has 0 N–H and O–H groups in total. The molecule has 0 saturated heterocycles. The standard InChI is InChI=1S/C12H11BrFNO2/c1-2-17-12(16)5-10-9(7-15)3-8(6-13)4-11(10)14/h3-4H,2,5-6H2,1H3. The second kappa shape index (κ2) is 6.36. The summed E-state index contributed by atoms with van der Waals surface area (Å²) in [5.74, 6) is -1.08. The molecular formula is C12H11BrFNO2. The van der Waals surface area contributed by atoms with Crippen LogP contribution in [0.15, 0.2) is 12.1 Å². The van der Waals surface area contributed by atoms with Gasteiger partial charge in [0.2, 0.25) is 0 Å². The fraction of sp³-hybridized carbons (Fsp3) is 0.333. The van der Waals surface area contributed by atoms with Crippen LogP contribution in [0.3, 0.4) is 0 Å². The van der Waals surface area contributed by atoms with Gasteiger partial charge >= 0.3 is 5.97 Å². The predicted octanol–water partition coefficient (Wildman–Crippen LogP) is 2.70. The van der Waals surface area contributed by atoms with Gasteiger partial charge in [-0.15, -0.1) is 0 Å². The molecule has 0 aliphatic rings. The summed E-state index contributed by atoms with van der Waals surface area (Å²) in [5, 5.41) is 9.38. The van der Waals surface area contributed by atoms with Crippen LogP contribution in [0.5, 0.6) is 0 Å². The zero-order chi connectivity index (χ0) is 12.8. The van der Waals surface area contributed by atoms with E-state index in [1.165, 1.54) is 6.07 Å². The van der Waals surface area contributed by atoms with Crippen molar-refractivity contribution in [2.45, 2.75) is 18.7 Å². The van der Waals surface area contributed by atoms with Gasteiger partial charge in [-0.1, -0.05) is 15.9 Å². The average molecular weight is 300 g/mol. The molecule has 0 atom stereocenters. The topological polar surface area (TPSA) is 50.1 Å². The minimum absolute atomic E-state index is 0.0932. The number of benzene rings is 1. The quantitative estimate of drug-likeness (QED) is 0.634. The number of alkyl halides is 1. The first-order valence-electron chi connectivity index (χ1n) is 5.05. The summed E-state index contributed by atoms with van der Waals surface area (Å²) in [6.45, 7) is 1.91. The molecule has 1 aromatic carbocycles. The maximum atomic E-state index is 13.7. The van der Waals surface area contributed by atoms with Crippen molar-refractivity contribution in [3.8, 4) is 6.07 Å². The van der Waals surface area contributed by atoms with E-state index < -0.39 is 11.8 Å². The first-order chi connectivity index (χ1) is 8.12. The van der Waals surface area contributed by atoms with E-state index in [2.05, 4.69) is 15.9 Å². The summed E-state index contributed by atoms with van der Waals surface area (Å²) in [6, 6.07) is 4.76. The fourth-order valence-electron chi connectivity index (χ4n) is 1.41. The van der Waals surface area contributed by atoms with Crippen LogP contribution in [0.1, 0.15) is 23.6 Å². The molecule has 0 aliphatic carbocycles. The lowest BCUT2D eigenvalue weighted by atomic mass is 10.0. The van der Waals surface area contributed by atoms with Gasteiger partial charge in [0, 0.05) is 10.9 Å². The summed E-state index contributed by atoms with van der Waals surface area (Å²) in [4.78, 5) is 11.3. The van der Waals surface area contributed by atoms with Crippen molar-refractivity contribution in [1.29, 1.82) is 5.26 Å². The Balaban J connectivity index is 3.07. The van der Waals surface area contributed by atoms with E-state index in [-0.39, 0.29) is 24.2 Å². The molecule has 1 rings (SSSR count). The van der Waals surface area contributed by atoms with Gasteiger partial charge in [0.15, 0.2) is 0 Å². The smallest absolute Gasteiger partial charge is 0.310 e. The summed E-state index contributed by atoms with van der Waals surface area (Å²) in [7, 11) is 0. The van der Waals surface area contributed by atoms with E-state index in [9.17, 15) is 9.18 Å². The van der Waals surface area contributed by atoms with Crippen LogP contribution >= 0.6 is 15.9 Å². The van der Waals surface area contributed by atoms with Gasteiger partial charge in [0.05, 0.1) is 24.7 Å². The van der Waals surface area contributed by atoms with Gasteiger partial charge in [-0.2, -0.15) is 5.26 Å². The lowest BCUT2D eigenvalue weighted by Crippen LogP contribution is -2.10. The Kier molecular flexibility index (Phi) is 5.11. The van der Waals surface area contributed by atoms with Gasteiger partial charge < -0.3 is 4.74 Å². The van der Waals surface area contributed by atoms with Crippen LogP contribution in [-0.4, -0.2) is 12.6 Å². The minimum atomic E-state index is -0.549. The number of hydrogen-bond acceptors (Lipinski definition) is 3. The molecule has 5 heteroatoms. The molecule has 0 radical (unpaired) electrons. The minimum Gasteiger partial charge on any atom is -0.466 e. The van der Waals surface area contributed by atoms with E-state index in [4.69, 9.17) is 10.00 Å². The maximum Gasteiger partial charge on any atom is 0.310 e. The molecule has 1 aromatic rings. The molecule has 17 heavy (non-hydrogen) atoms. The Labute approximate surface area is 107 Å². The largest absolute Gasteiger partial charge is 0.466 e. The zero-order valence-electron chi connectivity index (χ0n) is 9.30. The molecule has 0 bridgehead atoms. The highest BCUT2D eigenvalue weighted by Gasteiger charge is 2.15. The van der Waals surface area contributed by atoms with E-state index in [1.54, 1.807) is 13.0 Å². The van der Waals surface area contributed by atoms with Crippen LogP contribution < -0.4 is 0 Å². The highest BCUT2D eigenvalue weighted by molar-refractivity contribution is 9.08. The number of hydrogen-bond donors (Lipinski definition) is 0. The fourth-order valence-corrected chi connectivity index (χ4v) is 1.73. The third kappa shape index (κ3) is 3.53. The average Bonchev–Trinajstić information content (AvgIpc) is 2.31. The third-order valence-electron chi connectivity index (χ3n) is 2.16. The molecule has 3 nitrogen and oxygen atoms in total. The van der Waals surface area contributed by atoms with Crippen molar-refractivity contribution in [2.24, 2.45) is 0 Å². The Bertz CT molecular complexity index is 468. The molecule has 0 heterocycles. The number of nitrogens with zero attached hydrogens (tertiary/aromatic N) is 1. The number of rotatable bonds is 4. The van der Waals surface area contributed by atoms with Crippen LogP contribution in [-0.2, 0) is 21.3 Å². The number of carbonyl (C=O) groups is 1. The predicted molar refractivity (Wildman–Crippen MR) is 64.1 cm³/mol. The molecule has 0 spiro atoms. The van der Waals surface area contributed by atoms with E-state index in [0.717, 1.165) is 0 Å². The number of esters is 1. The number of carbonyl (C=O) groups excluding carboxylic acids is 1. The van der Waals surface area contributed by atoms with Crippen molar-refractivity contribution in [3.63, 3.8) is 0 Å². The van der Waals surface area contributed by atoms with E-state index >= 15 is 0 Å². The lowest BCUT2D eigenvalue weighted by molar-refractivity contribution is -0.142. The molecule has 0 fully saturated rings. The van der Waals surface area contributed by atoms with Gasteiger partial charge in [0.1, 0.15) is 5.82 Å². The van der Waals surface area contributed by atoms with E-state index in [0.29, 0.717) is 10.9 Å². The molecule has 0 aliphatic heterocycles. The maximum absolute atomic E-state index is 13.7. The van der Waals surface area contributed by atoms with Gasteiger partial charge in [-0.25, -0.2) is 4.39 Å². The first kappa shape index (κ1) is 13.7. The molecule has 0 amide bonds. The summed E-state index contributed by atoms with van der Waals surface area (Å²) in [5.41, 5.74) is 0.926. The van der Waals surface area contributed by atoms with Crippen LogP contribution in [0, 0.1) is 17.1 Å². The van der Waals surface area contributed by atoms with Gasteiger partial charge in [-0.3, -0.25) is 4.79 Å². The Morgan fingerprint density at radius 3 is 2.82 bits per heavy atom. The summed E-state index contributed by atoms with van der Waals surface area (Å²) in [6.07, 6.45) is -0.217. The van der Waals surface area contributed by atoms with Crippen molar-refractivity contribution in [1.82, 2.24) is 0 Å². The van der Waals surface area contributed by atoms with Crippen LogP contribution in [0.4, 0.5) is 4.39 Å². The monoisotopic (exact) mass is 299 g/mol. The molecule has 90 valence electrons. The van der Waals surface area contributed by atoms with Crippen molar-refractivity contribution in [2.75, 3.05) is 6.61 Å². The van der Waals surface area contributed by atoms with Gasteiger partial charge in [0.25, 0.3) is 0 Å². The summed E-state index contributed by atoms with van der Waals surface area (Å²) >= 11 is 3.19. The number of halogens is 2. The first-order valence-corrected chi connectivity index (χ1v) is 6.17. The molecule has 0 unspecified atom stereocenters.